The summed E-state index contributed by atoms with van der Waals surface area (Å²) in [6.07, 6.45) is 0.727. The Hall–Kier alpha value is -1.14. The Morgan fingerprint density at radius 2 is 2.21 bits per heavy atom. The van der Waals surface area contributed by atoms with E-state index in [2.05, 4.69) is 10.6 Å². The first-order valence-electron chi connectivity index (χ1n) is 6.85. The molecule has 0 radical (unpaired) electrons. The van der Waals surface area contributed by atoms with Gasteiger partial charge in [-0.15, -0.1) is 0 Å². The number of nitrogens with zero attached hydrogens (tertiary/aromatic N) is 2. The molecule has 0 aromatic heterocycles. The van der Waals surface area contributed by atoms with Gasteiger partial charge in [-0.25, -0.2) is 0 Å². The number of carbonyl (C=O) groups is 2. The van der Waals surface area contributed by atoms with Crippen molar-refractivity contribution in [2.24, 2.45) is 0 Å². The normalized spacial score (nSPS) is 23.8. The monoisotopic (exact) mass is 270 g/mol. The maximum atomic E-state index is 12.3. The zero-order valence-corrected chi connectivity index (χ0v) is 12.5. The summed E-state index contributed by atoms with van der Waals surface area (Å²) in [7, 11) is 3.91. The third kappa shape index (κ3) is 4.47. The molecule has 1 saturated heterocycles. The highest BCUT2D eigenvalue weighted by molar-refractivity contribution is 5.90. The maximum absolute atomic E-state index is 12.3. The first-order chi connectivity index (χ1) is 8.89. The molecule has 1 fully saturated rings. The summed E-state index contributed by atoms with van der Waals surface area (Å²) >= 11 is 0. The Balaban J connectivity index is 2.43. The maximum Gasteiger partial charge on any atom is 0.243 e. The van der Waals surface area contributed by atoms with Crippen molar-refractivity contribution in [1.29, 1.82) is 0 Å². The van der Waals surface area contributed by atoms with E-state index in [1.807, 2.05) is 32.8 Å². The van der Waals surface area contributed by atoms with E-state index in [1.165, 1.54) is 0 Å². The van der Waals surface area contributed by atoms with Crippen LogP contribution in [0.3, 0.4) is 0 Å². The van der Waals surface area contributed by atoms with Gasteiger partial charge in [0.25, 0.3) is 0 Å². The second-order valence-electron chi connectivity index (χ2n) is 5.49. The first kappa shape index (κ1) is 15.9. The summed E-state index contributed by atoms with van der Waals surface area (Å²) in [4.78, 5) is 27.7. The van der Waals surface area contributed by atoms with Gasteiger partial charge >= 0.3 is 0 Å². The van der Waals surface area contributed by atoms with E-state index in [4.69, 9.17) is 0 Å². The number of likely N-dealkylation sites (N-methyl/N-ethyl adjacent to an activating group) is 1. The Morgan fingerprint density at radius 1 is 1.53 bits per heavy atom. The smallest absolute Gasteiger partial charge is 0.243 e. The van der Waals surface area contributed by atoms with Crippen molar-refractivity contribution < 1.29 is 9.59 Å². The van der Waals surface area contributed by atoms with E-state index in [9.17, 15) is 9.59 Å². The summed E-state index contributed by atoms with van der Waals surface area (Å²) in [6, 6.07) is 0. The number of amides is 2. The highest BCUT2D eigenvalue weighted by Gasteiger charge is 2.38. The molecule has 0 aliphatic carbocycles. The molecule has 110 valence electrons. The number of piperazine rings is 1. The average molecular weight is 270 g/mol. The molecule has 0 aromatic carbocycles. The molecule has 19 heavy (non-hydrogen) atoms. The van der Waals surface area contributed by atoms with E-state index >= 15 is 0 Å². The molecule has 1 aliphatic rings. The summed E-state index contributed by atoms with van der Waals surface area (Å²) in [6.45, 7) is 6.77. The van der Waals surface area contributed by atoms with Crippen LogP contribution in [-0.4, -0.2) is 74.0 Å². The fraction of sp³-hybridized carbons (Fsp3) is 0.846. The first-order valence-corrected chi connectivity index (χ1v) is 6.85. The van der Waals surface area contributed by atoms with Crippen LogP contribution in [0.15, 0.2) is 0 Å². The van der Waals surface area contributed by atoms with Crippen LogP contribution < -0.4 is 10.6 Å². The van der Waals surface area contributed by atoms with Crippen LogP contribution in [0, 0.1) is 0 Å². The van der Waals surface area contributed by atoms with Crippen LogP contribution >= 0.6 is 0 Å². The minimum atomic E-state index is -0.526. The molecular weight excluding hydrogens is 244 g/mol. The van der Waals surface area contributed by atoms with Crippen molar-refractivity contribution in [1.82, 2.24) is 20.4 Å². The lowest BCUT2D eigenvalue weighted by Crippen LogP contribution is -2.63. The molecule has 2 N–H and O–H groups in total. The summed E-state index contributed by atoms with van der Waals surface area (Å²) in [5.41, 5.74) is -0.526. The molecule has 0 bridgehead atoms. The number of rotatable bonds is 6. The third-order valence-corrected chi connectivity index (χ3v) is 3.58. The Morgan fingerprint density at radius 3 is 2.79 bits per heavy atom. The Labute approximate surface area is 115 Å². The van der Waals surface area contributed by atoms with Gasteiger partial charge in [0.05, 0.1) is 12.1 Å². The van der Waals surface area contributed by atoms with Crippen molar-refractivity contribution in [2.75, 3.05) is 46.8 Å². The molecule has 1 aliphatic heterocycles. The quantitative estimate of drug-likeness (QED) is 0.667. The molecule has 1 unspecified atom stereocenters. The van der Waals surface area contributed by atoms with Gasteiger partial charge in [-0.1, -0.05) is 6.92 Å². The lowest BCUT2D eigenvalue weighted by Gasteiger charge is -2.39. The number of hydrogen-bond acceptors (Lipinski definition) is 4. The van der Waals surface area contributed by atoms with Gasteiger partial charge < -0.3 is 20.4 Å². The lowest BCUT2D eigenvalue weighted by atomic mass is 9.94. The molecule has 0 aromatic rings. The molecular formula is C13H26N4O2. The van der Waals surface area contributed by atoms with Crippen LogP contribution in [0.1, 0.15) is 20.3 Å². The SMILES string of the molecule is CCC1(C)NCCN(CC(=O)NCCN(C)C)C1=O. The van der Waals surface area contributed by atoms with Gasteiger partial charge in [-0.2, -0.15) is 0 Å². The third-order valence-electron chi connectivity index (χ3n) is 3.58. The van der Waals surface area contributed by atoms with Gasteiger partial charge in [0, 0.05) is 26.2 Å². The van der Waals surface area contributed by atoms with Crippen molar-refractivity contribution in [2.45, 2.75) is 25.8 Å². The van der Waals surface area contributed by atoms with E-state index in [0.717, 1.165) is 19.5 Å². The largest absolute Gasteiger partial charge is 0.353 e. The van der Waals surface area contributed by atoms with E-state index < -0.39 is 5.54 Å². The molecule has 6 nitrogen and oxygen atoms in total. The molecule has 1 heterocycles. The van der Waals surface area contributed by atoms with Crippen LogP contribution in [0.25, 0.3) is 0 Å². The van der Waals surface area contributed by atoms with Crippen LogP contribution in [-0.2, 0) is 9.59 Å². The van der Waals surface area contributed by atoms with Gasteiger partial charge in [-0.05, 0) is 27.4 Å². The number of nitrogens with one attached hydrogen (secondary N) is 2. The van der Waals surface area contributed by atoms with Crippen molar-refractivity contribution >= 4 is 11.8 Å². The Bertz CT molecular complexity index is 333. The topological polar surface area (TPSA) is 64.7 Å². The molecule has 2 amide bonds. The van der Waals surface area contributed by atoms with Crippen molar-refractivity contribution in [3.63, 3.8) is 0 Å². The number of hydrogen-bond donors (Lipinski definition) is 2. The van der Waals surface area contributed by atoms with Gasteiger partial charge in [-0.3, -0.25) is 9.59 Å². The van der Waals surface area contributed by atoms with E-state index in [0.29, 0.717) is 13.1 Å². The Kier molecular flexibility index (Phi) is 5.75. The zero-order chi connectivity index (χ0) is 14.5. The summed E-state index contributed by atoms with van der Waals surface area (Å²) in [5, 5.41) is 6.06. The standard InChI is InChI=1S/C13H26N4O2/c1-5-13(2)12(19)17(9-7-15-13)10-11(18)14-6-8-16(3)4/h15H,5-10H2,1-4H3,(H,14,18). The van der Waals surface area contributed by atoms with Gasteiger partial charge in [0.1, 0.15) is 0 Å². The second kappa shape index (κ2) is 6.86. The lowest BCUT2D eigenvalue weighted by molar-refractivity contribution is -0.144. The molecule has 1 rings (SSSR count). The van der Waals surface area contributed by atoms with Crippen LogP contribution in [0.4, 0.5) is 0 Å². The average Bonchev–Trinajstić information content (AvgIpc) is 2.34. The summed E-state index contributed by atoms with van der Waals surface area (Å²) in [5.74, 6) is -0.0698. The van der Waals surface area contributed by atoms with E-state index in [-0.39, 0.29) is 18.4 Å². The zero-order valence-electron chi connectivity index (χ0n) is 12.5. The fourth-order valence-corrected chi connectivity index (χ4v) is 2.07. The predicted molar refractivity (Wildman–Crippen MR) is 74.8 cm³/mol. The summed E-state index contributed by atoms with van der Waals surface area (Å²) < 4.78 is 0. The van der Waals surface area contributed by atoms with Crippen LogP contribution in [0.2, 0.25) is 0 Å². The fourth-order valence-electron chi connectivity index (χ4n) is 2.07. The second-order valence-corrected chi connectivity index (χ2v) is 5.49. The van der Waals surface area contributed by atoms with Crippen molar-refractivity contribution in [3.8, 4) is 0 Å². The highest BCUT2D eigenvalue weighted by atomic mass is 16.2. The minimum Gasteiger partial charge on any atom is -0.353 e. The predicted octanol–water partition coefficient (Wildman–Crippen LogP) is -0.735. The van der Waals surface area contributed by atoms with Crippen molar-refractivity contribution in [3.05, 3.63) is 0 Å². The van der Waals surface area contributed by atoms with Gasteiger partial charge in [0.2, 0.25) is 11.8 Å². The molecule has 0 saturated carbocycles. The molecule has 0 spiro atoms. The van der Waals surface area contributed by atoms with Gasteiger partial charge in [0.15, 0.2) is 0 Å². The number of carbonyl (C=O) groups excluding carboxylic acids is 2. The molecule has 1 atom stereocenters. The highest BCUT2D eigenvalue weighted by Crippen LogP contribution is 2.16. The molecule has 6 heteroatoms. The van der Waals surface area contributed by atoms with Crippen LogP contribution in [0.5, 0.6) is 0 Å². The minimum absolute atomic E-state index is 0.0176. The van der Waals surface area contributed by atoms with E-state index in [1.54, 1.807) is 4.90 Å².